The molecule has 0 spiro atoms. The molecule has 0 aliphatic rings. The maximum absolute atomic E-state index is 12.4. The number of nitrogens with zero attached hydrogens (tertiary/aromatic N) is 2. The van der Waals surface area contributed by atoms with Gasteiger partial charge in [-0.25, -0.2) is 4.98 Å². The number of pyridine rings is 1. The third kappa shape index (κ3) is 2.57. The van der Waals surface area contributed by atoms with Crippen molar-refractivity contribution in [1.29, 1.82) is 5.26 Å². The first kappa shape index (κ1) is 11.2. The zero-order chi connectivity index (χ0) is 10.8. The molecule has 0 radical (unpaired) electrons. The lowest BCUT2D eigenvalue weighted by Gasteiger charge is -2.09. The molecule has 2 nitrogen and oxygen atoms in total. The van der Waals surface area contributed by atoms with E-state index in [1.54, 1.807) is 28.7 Å². The second-order valence-corrected chi connectivity index (χ2v) is 3.57. The molecule has 0 N–H and O–H groups in total. The van der Waals surface area contributed by atoms with Crippen molar-refractivity contribution in [2.24, 2.45) is 0 Å². The second kappa shape index (κ2) is 4.13. The molecule has 0 aliphatic carbocycles. The fourth-order valence-electron chi connectivity index (χ4n) is 0.942. The Balaban J connectivity index is 3.23. The van der Waals surface area contributed by atoms with Gasteiger partial charge < -0.3 is 0 Å². The molecule has 14 heavy (non-hydrogen) atoms. The Bertz CT molecular complexity index is 381. The van der Waals surface area contributed by atoms with Crippen molar-refractivity contribution >= 4 is 22.6 Å². The fraction of sp³-hybridized carbons (Fsp3) is 0.250. The predicted molar refractivity (Wildman–Crippen MR) is 51.3 cm³/mol. The van der Waals surface area contributed by atoms with Crippen LogP contribution in [0.2, 0.25) is 0 Å². The normalized spacial score (nSPS) is 11.1. The summed E-state index contributed by atoms with van der Waals surface area (Å²) in [6.07, 6.45) is -4.77. The summed E-state index contributed by atoms with van der Waals surface area (Å²) in [5.74, 6) is 0. The van der Waals surface area contributed by atoms with Gasteiger partial charge in [0.2, 0.25) is 0 Å². The molecule has 1 rings (SSSR count). The van der Waals surface area contributed by atoms with Gasteiger partial charge >= 0.3 is 6.18 Å². The molecule has 0 saturated heterocycles. The molecule has 6 heteroatoms. The Kier molecular flexibility index (Phi) is 3.31. The van der Waals surface area contributed by atoms with Crippen LogP contribution < -0.4 is 0 Å². The summed E-state index contributed by atoms with van der Waals surface area (Å²) < 4.78 is 37.5. The minimum absolute atomic E-state index is 0.216. The van der Waals surface area contributed by atoms with Gasteiger partial charge in [0.1, 0.15) is 3.70 Å². The maximum atomic E-state index is 12.4. The van der Waals surface area contributed by atoms with Crippen LogP contribution in [0, 0.1) is 15.0 Å². The molecular weight excluding hydrogens is 308 g/mol. The minimum atomic E-state index is -4.44. The van der Waals surface area contributed by atoms with E-state index in [0.29, 0.717) is 3.70 Å². The van der Waals surface area contributed by atoms with Gasteiger partial charge in [0.15, 0.2) is 0 Å². The number of hydrogen-bond acceptors (Lipinski definition) is 2. The molecule has 0 atom stereocenters. The van der Waals surface area contributed by atoms with Crippen LogP contribution in [0.4, 0.5) is 13.2 Å². The highest BCUT2D eigenvalue weighted by atomic mass is 127. The van der Waals surface area contributed by atoms with E-state index in [-0.39, 0.29) is 12.1 Å². The highest BCUT2D eigenvalue weighted by Crippen LogP contribution is 2.31. The number of aromatic nitrogens is 1. The second-order valence-electron chi connectivity index (χ2n) is 2.46. The molecule has 0 bridgehead atoms. The van der Waals surface area contributed by atoms with Crippen LogP contribution in [-0.2, 0) is 12.6 Å². The van der Waals surface area contributed by atoms with Crippen molar-refractivity contribution in [3.8, 4) is 6.07 Å². The number of alkyl halides is 3. The zero-order valence-electron chi connectivity index (χ0n) is 6.77. The van der Waals surface area contributed by atoms with E-state index >= 15 is 0 Å². The Labute approximate surface area is 91.9 Å². The Morgan fingerprint density at radius 2 is 2.07 bits per heavy atom. The van der Waals surface area contributed by atoms with Gasteiger partial charge in [0, 0.05) is 0 Å². The van der Waals surface area contributed by atoms with Gasteiger partial charge in [-0.3, -0.25) is 0 Å². The summed E-state index contributed by atoms with van der Waals surface area (Å²) >= 11 is 1.80. The van der Waals surface area contributed by atoms with Crippen molar-refractivity contribution in [2.45, 2.75) is 12.6 Å². The van der Waals surface area contributed by atoms with Crippen molar-refractivity contribution in [3.05, 3.63) is 27.1 Å². The summed E-state index contributed by atoms with van der Waals surface area (Å²) in [5.41, 5.74) is -1.05. The molecule has 0 aliphatic heterocycles. The quantitative estimate of drug-likeness (QED) is 0.590. The summed E-state index contributed by atoms with van der Waals surface area (Å²) in [6, 6.07) is 3.87. The average Bonchev–Trinajstić information content (AvgIpc) is 2.02. The monoisotopic (exact) mass is 312 g/mol. The molecule has 0 fully saturated rings. The summed E-state index contributed by atoms with van der Waals surface area (Å²) in [7, 11) is 0. The van der Waals surface area contributed by atoms with Crippen LogP contribution in [0.25, 0.3) is 0 Å². The van der Waals surface area contributed by atoms with Gasteiger partial charge in [-0.1, -0.05) is 0 Å². The third-order valence-corrected chi connectivity index (χ3v) is 2.09. The molecule has 1 aromatic heterocycles. The Morgan fingerprint density at radius 3 is 2.57 bits per heavy atom. The van der Waals surface area contributed by atoms with Crippen molar-refractivity contribution in [1.82, 2.24) is 4.98 Å². The Hall–Kier alpha value is -0.840. The predicted octanol–water partition coefficient (Wildman–Crippen LogP) is 2.77. The van der Waals surface area contributed by atoms with E-state index in [1.807, 2.05) is 0 Å². The first-order valence-corrected chi connectivity index (χ1v) is 4.62. The molecule has 0 aromatic carbocycles. The minimum Gasteiger partial charge on any atom is -0.245 e. The van der Waals surface area contributed by atoms with Crippen molar-refractivity contribution in [2.75, 3.05) is 0 Å². The van der Waals surface area contributed by atoms with Crippen LogP contribution in [0.3, 0.4) is 0 Å². The van der Waals surface area contributed by atoms with Crippen LogP contribution in [0.1, 0.15) is 11.3 Å². The number of rotatable bonds is 1. The highest BCUT2D eigenvalue weighted by Gasteiger charge is 2.33. The standard InChI is InChI=1S/C8H4F3IN2/c9-8(10,11)5-1-2-7(12)14-6(5)3-4-13/h1-2H,3H2. The first-order chi connectivity index (χ1) is 6.45. The molecule has 0 saturated carbocycles. The van der Waals surface area contributed by atoms with E-state index in [2.05, 4.69) is 4.98 Å². The summed E-state index contributed by atoms with van der Waals surface area (Å²) in [4.78, 5) is 3.67. The van der Waals surface area contributed by atoms with Crippen molar-refractivity contribution < 1.29 is 13.2 Å². The molecular formula is C8H4F3IN2. The van der Waals surface area contributed by atoms with Gasteiger partial charge in [0.25, 0.3) is 0 Å². The van der Waals surface area contributed by atoms with Crippen LogP contribution in [-0.4, -0.2) is 4.98 Å². The van der Waals surface area contributed by atoms with Crippen molar-refractivity contribution in [3.63, 3.8) is 0 Å². The highest BCUT2D eigenvalue weighted by molar-refractivity contribution is 14.1. The van der Waals surface area contributed by atoms with Crippen LogP contribution in [0.15, 0.2) is 12.1 Å². The lowest BCUT2D eigenvalue weighted by Crippen LogP contribution is -2.11. The average molecular weight is 312 g/mol. The van der Waals surface area contributed by atoms with E-state index < -0.39 is 11.7 Å². The van der Waals surface area contributed by atoms with Gasteiger partial charge in [0.05, 0.1) is 23.7 Å². The van der Waals surface area contributed by atoms with E-state index in [0.717, 1.165) is 6.07 Å². The molecule has 1 heterocycles. The van der Waals surface area contributed by atoms with Gasteiger partial charge in [-0.05, 0) is 34.7 Å². The maximum Gasteiger partial charge on any atom is 0.418 e. The third-order valence-electron chi connectivity index (χ3n) is 1.49. The van der Waals surface area contributed by atoms with Crippen LogP contribution >= 0.6 is 22.6 Å². The molecule has 0 amide bonds. The molecule has 0 unspecified atom stereocenters. The van der Waals surface area contributed by atoms with E-state index in [9.17, 15) is 13.2 Å². The lowest BCUT2D eigenvalue weighted by atomic mass is 10.1. The Morgan fingerprint density at radius 1 is 1.43 bits per heavy atom. The van der Waals surface area contributed by atoms with Gasteiger partial charge in [-0.15, -0.1) is 0 Å². The first-order valence-electron chi connectivity index (χ1n) is 3.54. The van der Waals surface area contributed by atoms with E-state index in [1.165, 1.54) is 6.07 Å². The number of hydrogen-bond donors (Lipinski definition) is 0. The zero-order valence-corrected chi connectivity index (χ0v) is 8.93. The van der Waals surface area contributed by atoms with Crippen LogP contribution in [0.5, 0.6) is 0 Å². The summed E-state index contributed by atoms with van der Waals surface area (Å²) in [5, 5.41) is 8.34. The smallest absolute Gasteiger partial charge is 0.245 e. The largest absolute Gasteiger partial charge is 0.418 e. The molecule has 74 valence electrons. The number of halogens is 4. The molecule has 1 aromatic rings. The van der Waals surface area contributed by atoms with E-state index in [4.69, 9.17) is 5.26 Å². The topological polar surface area (TPSA) is 36.7 Å². The van der Waals surface area contributed by atoms with Gasteiger partial charge in [-0.2, -0.15) is 18.4 Å². The fourth-order valence-corrected chi connectivity index (χ4v) is 1.41. The summed E-state index contributed by atoms with van der Waals surface area (Å²) in [6.45, 7) is 0. The SMILES string of the molecule is N#CCc1nc(I)ccc1C(F)(F)F. The lowest BCUT2D eigenvalue weighted by molar-refractivity contribution is -0.138. The number of nitriles is 1.